The molecule has 2 rings (SSSR count). The lowest BCUT2D eigenvalue weighted by Gasteiger charge is -2.16. The van der Waals surface area contributed by atoms with Crippen molar-refractivity contribution in [3.05, 3.63) is 46.2 Å². The molecule has 0 amide bonds. The normalized spacial score (nSPS) is 12.4. The van der Waals surface area contributed by atoms with Crippen molar-refractivity contribution < 1.29 is 9.13 Å². The van der Waals surface area contributed by atoms with Gasteiger partial charge < -0.3 is 10.1 Å². The highest BCUT2D eigenvalue weighted by molar-refractivity contribution is 7.07. The topological polar surface area (TPSA) is 34.2 Å². The van der Waals surface area contributed by atoms with Crippen molar-refractivity contribution in [1.82, 2.24) is 10.3 Å². The minimum atomic E-state index is -0.345. The minimum Gasteiger partial charge on any atom is -0.494 e. The third-order valence-electron chi connectivity index (χ3n) is 2.56. The van der Waals surface area contributed by atoms with Crippen molar-refractivity contribution in [2.24, 2.45) is 0 Å². The third kappa shape index (κ3) is 2.30. The first-order chi connectivity index (χ1) is 8.27. The van der Waals surface area contributed by atoms with Gasteiger partial charge in [-0.2, -0.15) is 0 Å². The van der Waals surface area contributed by atoms with Gasteiger partial charge in [-0.25, -0.2) is 9.37 Å². The highest BCUT2D eigenvalue weighted by Gasteiger charge is 2.19. The molecule has 0 saturated heterocycles. The van der Waals surface area contributed by atoms with Gasteiger partial charge in [0.2, 0.25) is 0 Å². The van der Waals surface area contributed by atoms with Gasteiger partial charge in [0.05, 0.1) is 24.4 Å². The molecule has 0 radical (unpaired) electrons. The highest BCUT2D eigenvalue weighted by atomic mass is 32.1. The summed E-state index contributed by atoms with van der Waals surface area (Å²) in [7, 11) is 3.24. The minimum absolute atomic E-state index is 0.248. The number of rotatable bonds is 4. The molecule has 3 nitrogen and oxygen atoms in total. The Balaban J connectivity index is 2.44. The van der Waals surface area contributed by atoms with Crippen molar-refractivity contribution >= 4 is 11.3 Å². The molecule has 1 unspecified atom stereocenters. The second-order valence-electron chi connectivity index (χ2n) is 3.50. The Labute approximate surface area is 103 Å². The zero-order chi connectivity index (χ0) is 12.3. The van der Waals surface area contributed by atoms with Gasteiger partial charge in [-0.15, -0.1) is 11.3 Å². The molecule has 0 aliphatic rings. The van der Waals surface area contributed by atoms with E-state index in [-0.39, 0.29) is 17.6 Å². The van der Waals surface area contributed by atoms with Crippen molar-refractivity contribution in [2.45, 2.75) is 6.04 Å². The maximum atomic E-state index is 14.1. The molecular weight excluding hydrogens is 239 g/mol. The molecule has 0 aliphatic carbocycles. The molecule has 2 aromatic rings. The molecule has 0 spiro atoms. The Morgan fingerprint density at radius 3 is 2.88 bits per heavy atom. The maximum absolute atomic E-state index is 14.1. The van der Waals surface area contributed by atoms with Crippen molar-refractivity contribution in [3.8, 4) is 5.75 Å². The van der Waals surface area contributed by atoms with Crippen molar-refractivity contribution in [1.29, 1.82) is 0 Å². The van der Waals surface area contributed by atoms with Crippen LogP contribution in [-0.2, 0) is 0 Å². The molecule has 1 aromatic carbocycles. The second kappa shape index (κ2) is 5.25. The summed E-state index contributed by atoms with van der Waals surface area (Å²) >= 11 is 1.49. The number of halogens is 1. The number of aromatic nitrogens is 1. The molecule has 1 aromatic heterocycles. The molecule has 0 saturated carbocycles. The van der Waals surface area contributed by atoms with Crippen LogP contribution in [0.5, 0.6) is 5.75 Å². The first-order valence-corrected chi connectivity index (χ1v) is 6.10. The van der Waals surface area contributed by atoms with E-state index in [1.807, 2.05) is 5.38 Å². The Morgan fingerprint density at radius 1 is 1.47 bits per heavy atom. The van der Waals surface area contributed by atoms with Crippen LogP contribution in [0, 0.1) is 5.82 Å². The lowest BCUT2D eigenvalue weighted by molar-refractivity contribution is 0.382. The molecule has 5 heteroatoms. The Morgan fingerprint density at radius 2 is 2.29 bits per heavy atom. The number of hydrogen-bond donors (Lipinski definition) is 1. The van der Waals surface area contributed by atoms with Gasteiger partial charge >= 0.3 is 0 Å². The summed E-state index contributed by atoms with van der Waals surface area (Å²) in [5.41, 5.74) is 3.08. The fourth-order valence-electron chi connectivity index (χ4n) is 1.74. The van der Waals surface area contributed by atoms with Gasteiger partial charge in [-0.3, -0.25) is 0 Å². The predicted molar refractivity (Wildman–Crippen MR) is 66.0 cm³/mol. The van der Waals surface area contributed by atoms with Crippen LogP contribution in [0.2, 0.25) is 0 Å². The summed E-state index contributed by atoms with van der Waals surface area (Å²) in [5, 5.41) is 4.96. The molecule has 1 N–H and O–H groups in total. The number of nitrogens with zero attached hydrogens (tertiary/aromatic N) is 1. The van der Waals surface area contributed by atoms with Gasteiger partial charge in [-0.1, -0.05) is 12.1 Å². The van der Waals surface area contributed by atoms with Crippen LogP contribution in [0.4, 0.5) is 4.39 Å². The fraction of sp³-hybridized carbons (Fsp3) is 0.250. The quantitative estimate of drug-likeness (QED) is 0.908. The van der Waals surface area contributed by atoms with Crippen molar-refractivity contribution in [3.63, 3.8) is 0 Å². The molecule has 17 heavy (non-hydrogen) atoms. The van der Waals surface area contributed by atoms with Crippen LogP contribution in [0.1, 0.15) is 17.3 Å². The SMILES string of the molecule is CNC(c1cscn1)c1cccc(OC)c1F. The first-order valence-electron chi connectivity index (χ1n) is 5.15. The van der Waals surface area contributed by atoms with E-state index in [9.17, 15) is 4.39 Å². The van der Waals surface area contributed by atoms with Gasteiger partial charge in [0.1, 0.15) is 0 Å². The monoisotopic (exact) mass is 252 g/mol. The molecule has 90 valence electrons. The maximum Gasteiger partial charge on any atom is 0.170 e. The van der Waals surface area contributed by atoms with Crippen LogP contribution >= 0.6 is 11.3 Å². The van der Waals surface area contributed by atoms with Crippen molar-refractivity contribution in [2.75, 3.05) is 14.2 Å². The van der Waals surface area contributed by atoms with Gasteiger partial charge in [0, 0.05) is 10.9 Å². The van der Waals surface area contributed by atoms with E-state index in [0.29, 0.717) is 5.56 Å². The second-order valence-corrected chi connectivity index (χ2v) is 4.22. The Hall–Kier alpha value is -1.46. The molecule has 0 aliphatic heterocycles. The number of thiazole rings is 1. The van der Waals surface area contributed by atoms with E-state index >= 15 is 0 Å². The average molecular weight is 252 g/mol. The van der Waals surface area contributed by atoms with Crippen LogP contribution in [0.15, 0.2) is 29.1 Å². The molecular formula is C12H13FN2OS. The van der Waals surface area contributed by atoms with Gasteiger partial charge in [0.25, 0.3) is 0 Å². The number of benzene rings is 1. The highest BCUT2D eigenvalue weighted by Crippen LogP contribution is 2.28. The van der Waals surface area contributed by atoms with E-state index in [1.54, 1.807) is 30.8 Å². The van der Waals surface area contributed by atoms with E-state index in [1.165, 1.54) is 18.4 Å². The smallest absolute Gasteiger partial charge is 0.170 e. The molecule has 0 bridgehead atoms. The van der Waals surface area contributed by atoms with Crippen LogP contribution < -0.4 is 10.1 Å². The lowest BCUT2D eigenvalue weighted by Crippen LogP contribution is -2.19. The summed E-state index contributed by atoms with van der Waals surface area (Å²) < 4.78 is 19.1. The summed E-state index contributed by atoms with van der Waals surface area (Å²) in [6.45, 7) is 0. The fourth-order valence-corrected chi connectivity index (χ4v) is 2.32. The van der Waals surface area contributed by atoms with Crippen LogP contribution in [0.3, 0.4) is 0 Å². The number of methoxy groups -OCH3 is 1. The predicted octanol–water partition coefficient (Wildman–Crippen LogP) is 2.60. The van der Waals surface area contributed by atoms with E-state index < -0.39 is 0 Å². The zero-order valence-electron chi connectivity index (χ0n) is 9.61. The summed E-state index contributed by atoms with van der Waals surface area (Å²) in [5.74, 6) is -0.0969. The largest absolute Gasteiger partial charge is 0.494 e. The summed E-state index contributed by atoms with van der Waals surface area (Å²) in [6.07, 6.45) is 0. The van der Waals surface area contributed by atoms with E-state index in [2.05, 4.69) is 10.3 Å². The molecule has 1 atom stereocenters. The lowest BCUT2D eigenvalue weighted by atomic mass is 10.0. The number of hydrogen-bond acceptors (Lipinski definition) is 4. The van der Waals surface area contributed by atoms with Crippen LogP contribution in [-0.4, -0.2) is 19.1 Å². The number of ether oxygens (including phenoxy) is 1. The number of nitrogens with one attached hydrogen (secondary N) is 1. The zero-order valence-corrected chi connectivity index (χ0v) is 10.4. The Kier molecular flexibility index (Phi) is 3.71. The first kappa shape index (κ1) is 12.0. The molecule has 0 fully saturated rings. The average Bonchev–Trinajstić information content (AvgIpc) is 2.86. The van der Waals surface area contributed by atoms with Gasteiger partial charge in [-0.05, 0) is 13.1 Å². The third-order valence-corrected chi connectivity index (χ3v) is 3.16. The molecule has 1 heterocycles. The van der Waals surface area contributed by atoms with Crippen LogP contribution in [0.25, 0.3) is 0 Å². The summed E-state index contributed by atoms with van der Waals surface area (Å²) in [4.78, 5) is 4.21. The van der Waals surface area contributed by atoms with E-state index in [4.69, 9.17) is 4.74 Å². The van der Waals surface area contributed by atoms with E-state index in [0.717, 1.165) is 5.69 Å². The standard InChI is InChI=1S/C12H13FN2OS/c1-14-12(9-6-17-7-15-9)8-4-3-5-10(16-2)11(8)13/h3-7,12,14H,1-2H3. The Bertz CT molecular complexity index is 487. The van der Waals surface area contributed by atoms with Gasteiger partial charge in [0.15, 0.2) is 11.6 Å². The summed E-state index contributed by atoms with van der Waals surface area (Å²) in [6, 6.07) is 4.86.